The molecule has 4 nitrogen and oxygen atoms in total. The van der Waals surface area contributed by atoms with Gasteiger partial charge in [-0.05, 0) is 64.0 Å². The molecule has 3 rings (SSSR count). The van der Waals surface area contributed by atoms with Crippen LogP contribution in [0.5, 0.6) is 5.75 Å². The summed E-state index contributed by atoms with van der Waals surface area (Å²) in [5, 5.41) is 0. The van der Waals surface area contributed by atoms with Crippen molar-refractivity contribution in [3.05, 3.63) is 29.6 Å². The van der Waals surface area contributed by atoms with E-state index < -0.39 is 0 Å². The van der Waals surface area contributed by atoms with Crippen molar-refractivity contribution in [2.75, 3.05) is 53.4 Å². The van der Waals surface area contributed by atoms with E-state index in [-0.39, 0.29) is 5.82 Å². The zero-order valence-electron chi connectivity index (χ0n) is 15.9. The monoisotopic (exact) mass is 349 g/mol. The topological polar surface area (TPSA) is 19.0 Å². The Bertz CT molecular complexity index is 552. The Morgan fingerprint density at radius 2 is 1.80 bits per heavy atom. The van der Waals surface area contributed by atoms with Gasteiger partial charge in [-0.25, -0.2) is 4.39 Å². The number of rotatable bonds is 5. The van der Waals surface area contributed by atoms with Gasteiger partial charge in [0.25, 0.3) is 0 Å². The molecule has 2 fully saturated rings. The van der Waals surface area contributed by atoms with E-state index >= 15 is 0 Å². The van der Waals surface area contributed by atoms with Gasteiger partial charge in [0.15, 0.2) is 0 Å². The van der Waals surface area contributed by atoms with E-state index in [0.717, 1.165) is 36.9 Å². The molecule has 2 saturated heterocycles. The molecule has 2 aliphatic heterocycles. The Morgan fingerprint density at radius 3 is 2.44 bits per heavy atom. The number of hydrogen-bond acceptors (Lipinski definition) is 4. The minimum atomic E-state index is -0.186. The minimum absolute atomic E-state index is 0.186. The summed E-state index contributed by atoms with van der Waals surface area (Å²) in [6.07, 6.45) is 2.45. The maximum absolute atomic E-state index is 13.6. The lowest BCUT2D eigenvalue weighted by Gasteiger charge is -2.42. The maximum atomic E-state index is 13.6. The Balaban J connectivity index is 1.51. The van der Waals surface area contributed by atoms with Gasteiger partial charge in [0.1, 0.15) is 11.6 Å². The Morgan fingerprint density at radius 1 is 1.12 bits per heavy atom. The maximum Gasteiger partial charge on any atom is 0.123 e. The predicted octanol–water partition coefficient (Wildman–Crippen LogP) is 2.68. The Labute approximate surface area is 151 Å². The van der Waals surface area contributed by atoms with E-state index in [9.17, 15) is 4.39 Å². The first-order valence-corrected chi connectivity index (χ1v) is 9.54. The van der Waals surface area contributed by atoms with Crippen molar-refractivity contribution in [3.63, 3.8) is 0 Å². The fraction of sp³-hybridized carbons (Fsp3) is 0.700. The second kappa shape index (κ2) is 8.47. The summed E-state index contributed by atoms with van der Waals surface area (Å²) in [6.45, 7) is 10.1. The zero-order chi connectivity index (χ0) is 17.8. The van der Waals surface area contributed by atoms with Gasteiger partial charge in [-0.15, -0.1) is 0 Å². The van der Waals surface area contributed by atoms with Crippen molar-refractivity contribution >= 4 is 0 Å². The third-order valence-electron chi connectivity index (χ3n) is 6.06. The highest BCUT2D eigenvalue weighted by atomic mass is 19.1. The number of hydrogen-bond donors (Lipinski definition) is 0. The largest absolute Gasteiger partial charge is 0.496 e. The summed E-state index contributed by atoms with van der Waals surface area (Å²) in [4.78, 5) is 7.51. The summed E-state index contributed by atoms with van der Waals surface area (Å²) >= 11 is 0. The van der Waals surface area contributed by atoms with Crippen LogP contribution in [0.2, 0.25) is 0 Å². The summed E-state index contributed by atoms with van der Waals surface area (Å²) in [5.74, 6) is 1.37. The smallest absolute Gasteiger partial charge is 0.123 e. The summed E-state index contributed by atoms with van der Waals surface area (Å²) in [6, 6.07) is 5.47. The quantitative estimate of drug-likeness (QED) is 0.813. The first-order valence-electron chi connectivity index (χ1n) is 9.54. The van der Waals surface area contributed by atoms with Crippen LogP contribution in [0.15, 0.2) is 18.2 Å². The number of ether oxygens (including phenoxy) is 1. The van der Waals surface area contributed by atoms with E-state index in [0.29, 0.717) is 6.04 Å². The van der Waals surface area contributed by atoms with E-state index in [2.05, 4.69) is 28.7 Å². The van der Waals surface area contributed by atoms with Crippen LogP contribution in [-0.4, -0.2) is 74.2 Å². The molecule has 0 aliphatic carbocycles. The fourth-order valence-electron chi connectivity index (χ4n) is 4.23. The number of likely N-dealkylation sites (tertiary alicyclic amines) is 1. The highest BCUT2D eigenvalue weighted by Gasteiger charge is 2.29. The molecular formula is C20H32FN3O. The van der Waals surface area contributed by atoms with E-state index in [1.807, 2.05) is 0 Å². The number of piperazine rings is 1. The summed E-state index contributed by atoms with van der Waals surface area (Å²) in [7, 11) is 3.86. The minimum Gasteiger partial charge on any atom is -0.496 e. The number of piperidine rings is 1. The second-order valence-electron chi connectivity index (χ2n) is 7.65. The van der Waals surface area contributed by atoms with Gasteiger partial charge in [-0.3, -0.25) is 9.80 Å². The molecule has 5 heteroatoms. The van der Waals surface area contributed by atoms with Gasteiger partial charge in [0, 0.05) is 44.3 Å². The van der Waals surface area contributed by atoms with Crippen LogP contribution in [0.25, 0.3) is 0 Å². The second-order valence-corrected chi connectivity index (χ2v) is 7.65. The fourth-order valence-corrected chi connectivity index (χ4v) is 4.23. The average Bonchev–Trinajstić information content (AvgIpc) is 2.63. The Kier molecular flexibility index (Phi) is 6.31. The van der Waals surface area contributed by atoms with Gasteiger partial charge in [-0.1, -0.05) is 0 Å². The van der Waals surface area contributed by atoms with Gasteiger partial charge in [0.2, 0.25) is 0 Å². The van der Waals surface area contributed by atoms with Crippen molar-refractivity contribution in [2.24, 2.45) is 5.92 Å². The molecule has 0 aromatic heterocycles. The molecule has 0 saturated carbocycles. The first kappa shape index (κ1) is 18.6. The molecule has 1 aromatic carbocycles. The van der Waals surface area contributed by atoms with Crippen LogP contribution in [0.3, 0.4) is 0 Å². The van der Waals surface area contributed by atoms with Crippen molar-refractivity contribution in [3.8, 4) is 5.75 Å². The molecule has 2 heterocycles. The van der Waals surface area contributed by atoms with E-state index in [1.165, 1.54) is 45.1 Å². The van der Waals surface area contributed by atoms with Crippen LogP contribution in [0.1, 0.15) is 25.3 Å². The molecule has 1 aromatic rings. The van der Waals surface area contributed by atoms with Crippen LogP contribution < -0.4 is 4.74 Å². The number of halogens is 1. The summed E-state index contributed by atoms with van der Waals surface area (Å²) < 4.78 is 18.9. The third-order valence-corrected chi connectivity index (χ3v) is 6.06. The zero-order valence-corrected chi connectivity index (χ0v) is 15.9. The van der Waals surface area contributed by atoms with E-state index in [1.54, 1.807) is 19.2 Å². The molecule has 0 spiro atoms. The third kappa shape index (κ3) is 4.72. The number of methoxy groups -OCH3 is 1. The van der Waals surface area contributed by atoms with E-state index in [4.69, 9.17) is 4.74 Å². The molecule has 0 radical (unpaired) electrons. The molecule has 0 amide bonds. The SMILES string of the molecule is COc1ccc(F)cc1CN1CCC([C@@H](C)N2CCN(C)CC2)CC1. The van der Waals surface area contributed by atoms with Crippen molar-refractivity contribution in [2.45, 2.75) is 32.4 Å². The number of nitrogens with zero attached hydrogens (tertiary/aromatic N) is 3. The van der Waals surface area contributed by atoms with Crippen LogP contribution in [0.4, 0.5) is 4.39 Å². The lowest BCUT2D eigenvalue weighted by Crippen LogP contribution is -2.51. The lowest BCUT2D eigenvalue weighted by atomic mass is 9.89. The standard InChI is InChI=1S/C20H32FN3O/c1-16(24-12-10-22(2)11-13-24)17-6-8-23(9-7-17)15-18-14-19(21)4-5-20(18)25-3/h4-5,14,16-17H,6-13,15H2,1-3H3/t16-/m1/s1. The molecule has 140 valence electrons. The first-order chi connectivity index (χ1) is 12.1. The molecule has 25 heavy (non-hydrogen) atoms. The molecule has 1 atom stereocenters. The molecule has 0 bridgehead atoms. The predicted molar refractivity (Wildman–Crippen MR) is 99.5 cm³/mol. The highest BCUT2D eigenvalue weighted by molar-refractivity contribution is 5.33. The van der Waals surface area contributed by atoms with Crippen molar-refractivity contribution in [1.82, 2.24) is 14.7 Å². The van der Waals surface area contributed by atoms with Crippen LogP contribution in [0, 0.1) is 11.7 Å². The van der Waals surface area contributed by atoms with Crippen LogP contribution in [-0.2, 0) is 6.54 Å². The average molecular weight is 349 g/mol. The highest BCUT2D eigenvalue weighted by Crippen LogP contribution is 2.27. The van der Waals surface area contributed by atoms with Crippen molar-refractivity contribution in [1.29, 1.82) is 0 Å². The number of benzene rings is 1. The lowest BCUT2D eigenvalue weighted by molar-refractivity contribution is 0.0596. The molecule has 0 N–H and O–H groups in total. The summed E-state index contributed by atoms with van der Waals surface area (Å²) in [5.41, 5.74) is 0.952. The molecular weight excluding hydrogens is 317 g/mol. The van der Waals surface area contributed by atoms with Crippen LogP contribution >= 0.6 is 0 Å². The molecule has 0 unspecified atom stereocenters. The van der Waals surface area contributed by atoms with Gasteiger partial charge in [-0.2, -0.15) is 0 Å². The van der Waals surface area contributed by atoms with Gasteiger partial charge >= 0.3 is 0 Å². The normalized spacial score (nSPS) is 22.9. The Hall–Kier alpha value is -1.17. The molecule has 2 aliphatic rings. The van der Waals surface area contributed by atoms with Crippen molar-refractivity contribution < 1.29 is 9.13 Å². The van der Waals surface area contributed by atoms with Gasteiger partial charge < -0.3 is 9.64 Å². The van der Waals surface area contributed by atoms with Gasteiger partial charge in [0.05, 0.1) is 7.11 Å². The number of likely N-dealkylation sites (N-methyl/N-ethyl adjacent to an activating group) is 1.